The number of benzene rings is 1. The second-order valence-electron chi connectivity index (χ2n) is 8.93. The third-order valence-corrected chi connectivity index (χ3v) is 5.65. The van der Waals surface area contributed by atoms with Gasteiger partial charge >= 0.3 is 0 Å². The van der Waals surface area contributed by atoms with E-state index < -0.39 is 0 Å². The van der Waals surface area contributed by atoms with E-state index in [-0.39, 0.29) is 5.82 Å². The van der Waals surface area contributed by atoms with Crippen LogP contribution in [0.15, 0.2) is 36.8 Å². The summed E-state index contributed by atoms with van der Waals surface area (Å²) < 4.78 is 15.6. The summed E-state index contributed by atoms with van der Waals surface area (Å²) in [5.74, 6) is 1.03. The summed E-state index contributed by atoms with van der Waals surface area (Å²) in [6, 6.07) is 7.47. The van der Waals surface area contributed by atoms with Gasteiger partial charge < -0.3 is 4.57 Å². The van der Waals surface area contributed by atoms with Crippen LogP contribution in [0.1, 0.15) is 45.4 Å². The Bertz CT molecular complexity index is 722. The molecule has 28 heavy (non-hydrogen) atoms. The van der Waals surface area contributed by atoms with E-state index in [1.165, 1.54) is 11.3 Å². The molecule has 0 unspecified atom stereocenters. The lowest BCUT2D eigenvalue weighted by atomic mass is 10.0. The van der Waals surface area contributed by atoms with Gasteiger partial charge in [-0.3, -0.25) is 9.80 Å². The number of imidazole rings is 1. The largest absolute Gasteiger partial charge is 0.333 e. The number of halogens is 1. The molecule has 154 valence electrons. The summed E-state index contributed by atoms with van der Waals surface area (Å²) in [6.07, 6.45) is 5.14. The summed E-state index contributed by atoms with van der Waals surface area (Å²) in [7, 11) is 0. The first-order chi connectivity index (χ1) is 13.4. The quantitative estimate of drug-likeness (QED) is 0.704. The van der Waals surface area contributed by atoms with Crippen molar-refractivity contribution in [1.82, 2.24) is 19.4 Å². The molecule has 1 aromatic heterocycles. The van der Waals surface area contributed by atoms with Gasteiger partial charge in [-0.05, 0) is 42.5 Å². The highest BCUT2D eigenvalue weighted by molar-refractivity contribution is 5.16. The fraction of sp³-hybridized carbons (Fsp3) is 0.609. The molecule has 5 heteroatoms. The zero-order chi connectivity index (χ0) is 20.1. The average Bonchev–Trinajstić information content (AvgIpc) is 2.95. The molecule has 0 saturated carbocycles. The van der Waals surface area contributed by atoms with Crippen LogP contribution < -0.4 is 0 Å². The lowest BCUT2D eigenvalue weighted by molar-refractivity contribution is 0.129. The first-order valence-corrected chi connectivity index (χ1v) is 10.6. The molecule has 0 aliphatic carbocycles. The topological polar surface area (TPSA) is 24.3 Å². The molecule has 1 aliphatic heterocycles. The van der Waals surface area contributed by atoms with Gasteiger partial charge in [0.15, 0.2) is 0 Å². The number of hydrogen-bond donors (Lipinski definition) is 0. The molecule has 3 rings (SSSR count). The molecule has 1 aromatic carbocycles. The zero-order valence-electron chi connectivity index (χ0n) is 17.8. The highest BCUT2D eigenvalue weighted by Gasteiger charge is 2.27. The van der Waals surface area contributed by atoms with Crippen molar-refractivity contribution in [2.45, 2.75) is 59.8 Å². The van der Waals surface area contributed by atoms with Crippen molar-refractivity contribution in [3.63, 3.8) is 0 Å². The molecular weight excluding hydrogens is 351 g/mol. The third kappa shape index (κ3) is 5.65. The van der Waals surface area contributed by atoms with E-state index in [1.807, 2.05) is 24.7 Å². The van der Waals surface area contributed by atoms with Crippen molar-refractivity contribution >= 4 is 0 Å². The van der Waals surface area contributed by atoms with Crippen molar-refractivity contribution in [3.05, 3.63) is 53.9 Å². The van der Waals surface area contributed by atoms with Crippen molar-refractivity contribution in [2.24, 2.45) is 11.8 Å². The van der Waals surface area contributed by atoms with Crippen molar-refractivity contribution in [3.8, 4) is 0 Å². The van der Waals surface area contributed by atoms with Gasteiger partial charge in [-0.1, -0.05) is 39.8 Å². The minimum Gasteiger partial charge on any atom is -0.333 e. The molecular formula is C23H35FN4. The zero-order valence-corrected chi connectivity index (χ0v) is 17.8. The summed E-state index contributed by atoms with van der Waals surface area (Å²) in [6.45, 7) is 15.2. The Morgan fingerprint density at radius 3 is 2.50 bits per heavy atom. The number of hydrogen-bond acceptors (Lipinski definition) is 3. The molecule has 2 aromatic rings. The maximum absolute atomic E-state index is 13.3. The normalized spacial score (nSPS) is 19.5. The molecule has 2 heterocycles. The Kier molecular flexibility index (Phi) is 7.24. The second kappa shape index (κ2) is 9.66. The molecule has 1 atom stereocenters. The van der Waals surface area contributed by atoms with E-state index in [2.05, 4.69) is 47.0 Å². The minimum atomic E-state index is -0.163. The summed E-state index contributed by atoms with van der Waals surface area (Å²) in [4.78, 5) is 9.56. The van der Waals surface area contributed by atoms with Crippen LogP contribution in [-0.2, 0) is 19.6 Å². The highest BCUT2D eigenvalue weighted by Crippen LogP contribution is 2.21. The van der Waals surface area contributed by atoms with Crippen molar-refractivity contribution < 1.29 is 4.39 Å². The van der Waals surface area contributed by atoms with E-state index in [0.717, 1.165) is 45.7 Å². The molecule has 0 bridgehead atoms. The summed E-state index contributed by atoms with van der Waals surface area (Å²) in [5, 5.41) is 0. The van der Waals surface area contributed by atoms with Crippen molar-refractivity contribution in [1.29, 1.82) is 0 Å². The van der Waals surface area contributed by atoms with Crippen LogP contribution >= 0.6 is 0 Å². The Labute approximate surface area is 169 Å². The van der Waals surface area contributed by atoms with Crippen LogP contribution in [0, 0.1) is 17.7 Å². The first kappa shape index (κ1) is 21.0. The molecule has 4 nitrogen and oxygen atoms in total. The first-order valence-electron chi connectivity index (χ1n) is 10.6. The van der Waals surface area contributed by atoms with Crippen LogP contribution in [-0.4, -0.2) is 45.0 Å². The molecule has 1 aliphatic rings. The van der Waals surface area contributed by atoms with E-state index in [4.69, 9.17) is 0 Å². The van der Waals surface area contributed by atoms with Gasteiger partial charge in [0.25, 0.3) is 0 Å². The Balaban J connectivity index is 1.68. The number of aromatic nitrogens is 2. The van der Waals surface area contributed by atoms with Crippen LogP contribution in [0.25, 0.3) is 0 Å². The van der Waals surface area contributed by atoms with Crippen LogP contribution in [0.5, 0.6) is 0 Å². The van der Waals surface area contributed by atoms with Gasteiger partial charge in [0.1, 0.15) is 5.82 Å². The minimum absolute atomic E-state index is 0.163. The number of nitrogens with zero attached hydrogens (tertiary/aromatic N) is 4. The summed E-state index contributed by atoms with van der Waals surface area (Å²) in [5.41, 5.74) is 2.50. The maximum Gasteiger partial charge on any atom is 0.123 e. The predicted octanol–water partition coefficient (Wildman–Crippen LogP) is 4.41. The van der Waals surface area contributed by atoms with E-state index in [0.29, 0.717) is 17.9 Å². The van der Waals surface area contributed by atoms with E-state index in [1.54, 1.807) is 12.1 Å². The molecule has 0 amide bonds. The van der Waals surface area contributed by atoms with Crippen LogP contribution in [0.2, 0.25) is 0 Å². The van der Waals surface area contributed by atoms with Gasteiger partial charge in [0.2, 0.25) is 0 Å². The van der Waals surface area contributed by atoms with Crippen molar-refractivity contribution in [2.75, 3.05) is 19.6 Å². The van der Waals surface area contributed by atoms with E-state index in [9.17, 15) is 4.39 Å². The molecule has 0 spiro atoms. The standard InChI is InChI=1S/C23H35FN4/c1-18(2)13-28-17-25-12-22(28)15-26-10-5-11-27(23(16-26)19(3)4)14-20-6-8-21(24)9-7-20/h6-9,12,17-19,23H,5,10-11,13-16H2,1-4H3/t23-/m1/s1. The summed E-state index contributed by atoms with van der Waals surface area (Å²) >= 11 is 0. The van der Waals surface area contributed by atoms with Gasteiger partial charge in [-0.15, -0.1) is 0 Å². The molecule has 1 saturated heterocycles. The van der Waals surface area contributed by atoms with Gasteiger partial charge in [0, 0.05) is 45.0 Å². The van der Waals surface area contributed by atoms with Gasteiger partial charge in [-0.2, -0.15) is 0 Å². The van der Waals surface area contributed by atoms with Crippen LogP contribution in [0.4, 0.5) is 4.39 Å². The Morgan fingerprint density at radius 1 is 1.07 bits per heavy atom. The second-order valence-corrected chi connectivity index (χ2v) is 8.93. The monoisotopic (exact) mass is 386 g/mol. The lowest BCUT2D eigenvalue weighted by Crippen LogP contribution is -2.44. The third-order valence-electron chi connectivity index (χ3n) is 5.65. The SMILES string of the molecule is CC(C)Cn1cncc1CN1CCCN(Cc2ccc(F)cc2)[C@@H](C(C)C)C1. The number of rotatable bonds is 7. The maximum atomic E-state index is 13.3. The predicted molar refractivity (Wildman–Crippen MR) is 112 cm³/mol. The Hall–Kier alpha value is -1.72. The molecule has 0 radical (unpaired) electrons. The van der Waals surface area contributed by atoms with E-state index >= 15 is 0 Å². The van der Waals surface area contributed by atoms with Gasteiger partial charge in [-0.25, -0.2) is 9.37 Å². The fourth-order valence-electron chi connectivity index (χ4n) is 4.20. The highest BCUT2D eigenvalue weighted by atomic mass is 19.1. The van der Waals surface area contributed by atoms with Crippen LogP contribution in [0.3, 0.4) is 0 Å². The van der Waals surface area contributed by atoms with Gasteiger partial charge in [0.05, 0.1) is 12.0 Å². The lowest BCUT2D eigenvalue weighted by Gasteiger charge is -2.34. The Morgan fingerprint density at radius 2 is 1.82 bits per heavy atom. The molecule has 1 fully saturated rings. The molecule has 0 N–H and O–H groups in total. The fourth-order valence-corrected chi connectivity index (χ4v) is 4.20. The average molecular weight is 387 g/mol. The smallest absolute Gasteiger partial charge is 0.123 e.